The maximum atomic E-state index is 9.73. The van der Waals surface area contributed by atoms with Gasteiger partial charge in [0.1, 0.15) is 12.2 Å². The lowest BCUT2D eigenvalue weighted by Crippen LogP contribution is -2.33. The van der Waals surface area contributed by atoms with Gasteiger partial charge in [-0.2, -0.15) is 0 Å². The fourth-order valence-electron chi connectivity index (χ4n) is 2.83. The Balaban J connectivity index is 1.56. The third-order valence-electron chi connectivity index (χ3n) is 4.23. The third-order valence-corrected chi connectivity index (χ3v) is 4.23. The second-order valence-electron chi connectivity index (χ2n) is 6.20. The average Bonchev–Trinajstić information content (AvgIpc) is 2.98. The van der Waals surface area contributed by atoms with E-state index in [1.165, 1.54) is 0 Å². The zero-order valence-electron chi connectivity index (χ0n) is 14.0. The molecular formula is C20H24O5. The van der Waals surface area contributed by atoms with Crippen molar-refractivity contribution in [1.82, 2.24) is 0 Å². The van der Waals surface area contributed by atoms with Gasteiger partial charge in [-0.05, 0) is 11.1 Å². The molecule has 4 unspecified atom stereocenters. The number of ether oxygens (including phenoxy) is 3. The summed E-state index contributed by atoms with van der Waals surface area (Å²) in [5, 5.41) is 19.4. The van der Waals surface area contributed by atoms with Gasteiger partial charge in [-0.1, -0.05) is 60.7 Å². The SMILES string of the molecule is OC1CC(C(COCc2ccccc2)OCc2ccccc2)OC1O. The van der Waals surface area contributed by atoms with Crippen LogP contribution in [-0.2, 0) is 27.4 Å². The fourth-order valence-corrected chi connectivity index (χ4v) is 2.83. The molecule has 5 heteroatoms. The topological polar surface area (TPSA) is 68.2 Å². The van der Waals surface area contributed by atoms with Crippen molar-refractivity contribution in [3.63, 3.8) is 0 Å². The lowest BCUT2D eigenvalue weighted by molar-refractivity contribution is -0.165. The van der Waals surface area contributed by atoms with Crippen LogP contribution in [0.1, 0.15) is 17.5 Å². The molecule has 0 radical (unpaired) electrons. The number of hydrogen-bond donors (Lipinski definition) is 2. The molecule has 2 aromatic carbocycles. The number of aliphatic hydroxyl groups excluding tert-OH is 2. The van der Waals surface area contributed by atoms with Gasteiger partial charge in [0.15, 0.2) is 6.29 Å². The first kappa shape index (κ1) is 18.0. The number of hydrogen-bond acceptors (Lipinski definition) is 5. The quantitative estimate of drug-likeness (QED) is 0.769. The Hall–Kier alpha value is -1.76. The summed E-state index contributed by atoms with van der Waals surface area (Å²) in [4.78, 5) is 0. The van der Waals surface area contributed by atoms with E-state index in [0.29, 0.717) is 26.2 Å². The van der Waals surface area contributed by atoms with Crippen LogP contribution in [0, 0.1) is 0 Å². The van der Waals surface area contributed by atoms with E-state index in [-0.39, 0.29) is 6.10 Å². The maximum Gasteiger partial charge on any atom is 0.181 e. The van der Waals surface area contributed by atoms with Gasteiger partial charge in [-0.3, -0.25) is 0 Å². The monoisotopic (exact) mass is 344 g/mol. The summed E-state index contributed by atoms with van der Waals surface area (Å²) in [6, 6.07) is 19.7. The summed E-state index contributed by atoms with van der Waals surface area (Å²) < 4.78 is 17.2. The maximum absolute atomic E-state index is 9.73. The third kappa shape index (κ3) is 5.36. The van der Waals surface area contributed by atoms with Gasteiger partial charge in [0.25, 0.3) is 0 Å². The zero-order chi connectivity index (χ0) is 17.5. The summed E-state index contributed by atoms with van der Waals surface area (Å²) in [6.07, 6.45) is -2.49. The Labute approximate surface area is 147 Å². The van der Waals surface area contributed by atoms with Crippen LogP contribution in [0.2, 0.25) is 0 Å². The van der Waals surface area contributed by atoms with Gasteiger partial charge >= 0.3 is 0 Å². The molecule has 1 aliphatic rings. The predicted molar refractivity (Wildman–Crippen MR) is 92.6 cm³/mol. The van der Waals surface area contributed by atoms with Gasteiger partial charge in [-0.15, -0.1) is 0 Å². The molecular weight excluding hydrogens is 320 g/mol. The summed E-state index contributed by atoms with van der Waals surface area (Å²) in [5.74, 6) is 0. The molecule has 0 aliphatic carbocycles. The van der Waals surface area contributed by atoms with Crippen LogP contribution < -0.4 is 0 Å². The highest BCUT2D eigenvalue weighted by molar-refractivity contribution is 5.14. The van der Waals surface area contributed by atoms with Crippen molar-refractivity contribution in [1.29, 1.82) is 0 Å². The Kier molecular flexibility index (Phi) is 6.55. The first-order valence-electron chi connectivity index (χ1n) is 8.51. The first-order chi connectivity index (χ1) is 12.2. The number of benzene rings is 2. The lowest BCUT2D eigenvalue weighted by Gasteiger charge is -2.23. The molecule has 1 fully saturated rings. The van der Waals surface area contributed by atoms with Gasteiger partial charge in [0.2, 0.25) is 0 Å². The Bertz CT molecular complexity index is 608. The zero-order valence-corrected chi connectivity index (χ0v) is 14.0. The van der Waals surface area contributed by atoms with Crippen molar-refractivity contribution in [2.75, 3.05) is 6.61 Å². The van der Waals surface area contributed by atoms with Gasteiger partial charge in [-0.25, -0.2) is 0 Å². The van der Waals surface area contributed by atoms with Crippen LogP contribution in [0.4, 0.5) is 0 Å². The highest BCUT2D eigenvalue weighted by Gasteiger charge is 2.37. The molecule has 0 amide bonds. The minimum absolute atomic E-state index is 0.325. The van der Waals surface area contributed by atoms with E-state index in [1.54, 1.807) is 0 Å². The lowest BCUT2D eigenvalue weighted by atomic mass is 10.1. The standard InChI is InChI=1S/C20H24O5/c21-17-11-18(25-20(17)22)19(24-13-16-9-5-2-6-10-16)14-23-12-15-7-3-1-4-8-15/h1-10,17-22H,11-14H2. The molecule has 1 saturated heterocycles. The van der Waals surface area contributed by atoms with E-state index in [9.17, 15) is 10.2 Å². The van der Waals surface area contributed by atoms with Crippen LogP contribution in [0.3, 0.4) is 0 Å². The minimum atomic E-state index is -1.16. The smallest absolute Gasteiger partial charge is 0.181 e. The Morgan fingerprint density at radius 2 is 1.52 bits per heavy atom. The van der Waals surface area contributed by atoms with Gasteiger partial charge < -0.3 is 24.4 Å². The second-order valence-corrected chi connectivity index (χ2v) is 6.20. The molecule has 2 aromatic rings. The van der Waals surface area contributed by atoms with Crippen molar-refractivity contribution in [2.45, 2.75) is 44.2 Å². The van der Waals surface area contributed by atoms with Crippen molar-refractivity contribution in [3.8, 4) is 0 Å². The molecule has 4 atom stereocenters. The average molecular weight is 344 g/mol. The molecule has 5 nitrogen and oxygen atoms in total. The van der Waals surface area contributed by atoms with Crippen LogP contribution in [0.5, 0.6) is 0 Å². The molecule has 0 saturated carbocycles. The first-order valence-corrected chi connectivity index (χ1v) is 8.51. The van der Waals surface area contributed by atoms with Crippen LogP contribution >= 0.6 is 0 Å². The van der Waals surface area contributed by atoms with E-state index in [4.69, 9.17) is 14.2 Å². The Morgan fingerprint density at radius 3 is 2.08 bits per heavy atom. The highest BCUT2D eigenvalue weighted by Crippen LogP contribution is 2.24. The number of rotatable bonds is 8. The normalized spacial score (nSPS) is 24.3. The summed E-state index contributed by atoms with van der Waals surface area (Å²) in [5.41, 5.74) is 2.13. The van der Waals surface area contributed by atoms with Gasteiger partial charge in [0, 0.05) is 6.42 Å². The highest BCUT2D eigenvalue weighted by atomic mass is 16.6. The largest absolute Gasteiger partial charge is 0.388 e. The molecule has 0 aromatic heterocycles. The molecule has 25 heavy (non-hydrogen) atoms. The molecule has 0 spiro atoms. The van der Waals surface area contributed by atoms with E-state index >= 15 is 0 Å². The van der Waals surface area contributed by atoms with Crippen LogP contribution in [0.25, 0.3) is 0 Å². The molecule has 134 valence electrons. The Morgan fingerprint density at radius 1 is 0.920 bits per heavy atom. The predicted octanol–water partition coefficient (Wildman–Crippen LogP) is 2.26. The van der Waals surface area contributed by atoms with E-state index in [1.807, 2.05) is 60.7 Å². The van der Waals surface area contributed by atoms with Crippen molar-refractivity contribution < 1.29 is 24.4 Å². The number of aliphatic hydroxyl groups is 2. The molecule has 3 rings (SSSR count). The van der Waals surface area contributed by atoms with E-state index in [0.717, 1.165) is 11.1 Å². The fraction of sp³-hybridized carbons (Fsp3) is 0.400. The summed E-state index contributed by atoms with van der Waals surface area (Å²) in [6.45, 7) is 1.22. The molecule has 2 N–H and O–H groups in total. The molecule has 1 heterocycles. The van der Waals surface area contributed by atoms with Crippen molar-refractivity contribution in [2.24, 2.45) is 0 Å². The van der Waals surface area contributed by atoms with E-state index in [2.05, 4.69) is 0 Å². The van der Waals surface area contributed by atoms with E-state index < -0.39 is 18.5 Å². The van der Waals surface area contributed by atoms with Crippen LogP contribution in [0.15, 0.2) is 60.7 Å². The summed E-state index contributed by atoms with van der Waals surface area (Å²) in [7, 11) is 0. The summed E-state index contributed by atoms with van der Waals surface area (Å²) >= 11 is 0. The van der Waals surface area contributed by atoms with Gasteiger partial charge in [0.05, 0.1) is 25.9 Å². The van der Waals surface area contributed by atoms with Crippen LogP contribution in [-0.4, -0.2) is 41.4 Å². The second kappa shape index (κ2) is 9.08. The van der Waals surface area contributed by atoms with Crippen molar-refractivity contribution >= 4 is 0 Å². The molecule has 0 bridgehead atoms. The van der Waals surface area contributed by atoms with Crippen molar-refractivity contribution in [3.05, 3.63) is 71.8 Å². The molecule has 1 aliphatic heterocycles. The minimum Gasteiger partial charge on any atom is -0.388 e.